The van der Waals surface area contributed by atoms with Gasteiger partial charge in [0.2, 0.25) is 0 Å². The summed E-state index contributed by atoms with van der Waals surface area (Å²) in [5.41, 5.74) is 2.90. The highest BCUT2D eigenvalue weighted by Crippen LogP contribution is 2.29. The topological polar surface area (TPSA) is 70.0 Å². The van der Waals surface area contributed by atoms with Gasteiger partial charge < -0.3 is 19.4 Å². The molecule has 0 atom stereocenters. The molecule has 2 aliphatic rings. The Labute approximate surface area is 170 Å². The number of aromatic amines is 1. The van der Waals surface area contributed by atoms with Crippen LogP contribution in [0.15, 0.2) is 24.3 Å². The van der Waals surface area contributed by atoms with Gasteiger partial charge in [-0.3, -0.25) is 4.79 Å². The molecule has 0 saturated carbocycles. The maximum absolute atomic E-state index is 13.0. The average Bonchev–Trinajstić information content (AvgIpc) is 3.31. The molecule has 1 saturated heterocycles. The first-order valence-corrected chi connectivity index (χ1v) is 10.6. The molecule has 5 rings (SSSR count). The van der Waals surface area contributed by atoms with Crippen molar-refractivity contribution in [2.24, 2.45) is 0 Å². The van der Waals surface area contributed by atoms with Gasteiger partial charge in [-0.05, 0) is 44.5 Å². The number of aryl methyl sites for hydroxylation is 1. The fourth-order valence-electron chi connectivity index (χ4n) is 4.69. The molecular weight excluding hydrogens is 364 g/mol. The smallest absolute Gasteiger partial charge is 0.270 e. The lowest BCUT2D eigenvalue weighted by molar-refractivity contribution is 0.0705. The average molecular weight is 393 g/mol. The van der Waals surface area contributed by atoms with Crippen LogP contribution in [-0.2, 0) is 13.0 Å². The monoisotopic (exact) mass is 392 g/mol. The zero-order valence-electron chi connectivity index (χ0n) is 17.2. The number of benzene rings is 1. The fourth-order valence-corrected chi connectivity index (χ4v) is 4.69. The van der Waals surface area contributed by atoms with Gasteiger partial charge in [0.05, 0.1) is 0 Å². The minimum atomic E-state index is 0.0979. The van der Waals surface area contributed by atoms with Gasteiger partial charge in [0.1, 0.15) is 17.3 Å². The third kappa shape index (κ3) is 3.33. The molecule has 152 valence electrons. The number of carbonyl (C=O) groups excluding carboxylic acids is 1. The largest absolute Gasteiger partial charge is 0.351 e. The number of piperidine rings is 1. The Kier molecular flexibility index (Phi) is 4.62. The summed E-state index contributed by atoms with van der Waals surface area (Å²) in [7, 11) is 2.16. The highest BCUT2D eigenvalue weighted by molar-refractivity contribution is 5.98. The summed E-state index contributed by atoms with van der Waals surface area (Å²) in [5, 5.41) is 10.1. The number of likely N-dealkylation sites (N-methyl/N-ethyl adjacent to an activating group) is 1. The fraction of sp³-hybridized carbons (Fsp3) is 0.500. The second-order valence-corrected chi connectivity index (χ2v) is 8.46. The summed E-state index contributed by atoms with van der Waals surface area (Å²) in [6.07, 6.45) is 2.85. The highest BCUT2D eigenvalue weighted by Gasteiger charge is 2.29. The van der Waals surface area contributed by atoms with Crippen molar-refractivity contribution in [2.75, 3.05) is 33.2 Å². The van der Waals surface area contributed by atoms with Gasteiger partial charge in [0, 0.05) is 56.0 Å². The zero-order valence-corrected chi connectivity index (χ0v) is 17.2. The molecule has 0 bridgehead atoms. The molecule has 1 fully saturated rings. The molecule has 1 N–H and O–H groups in total. The van der Waals surface area contributed by atoms with Crippen molar-refractivity contribution in [3.63, 3.8) is 0 Å². The molecule has 29 heavy (non-hydrogen) atoms. The Morgan fingerprint density at radius 1 is 1.10 bits per heavy atom. The van der Waals surface area contributed by atoms with E-state index in [1.807, 2.05) is 23.1 Å². The molecule has 1 amide bonds. The van der Waals surface area contributed by atoms with Crippen LogP contribution in [0.2, 0.25) is 0 Å². The molecule has 2 aliphatic heterocycles. The summed E-state index contributed by atoms with van der Waals surface area (Å²) in [4.78, 5) is 20.7. The zero-order chi connectivity index (χ0) is 20.0. The molecule has 2 aromatic heterocycles. The molecule has 1 aromatic carbocycles. The van der Waals surface area contributed by atoms with Crippen molar-refractivity contribution in [1.29, 1.82) is 0 Å². The van der Waals surface area contributed by atoms with Crippen LogP contribution in [0.3, 0.4) is 0 Å². The number of amides is 1. The predicted octanol–water partition coefficient (Wildman–Crippen LogP) is 2.58. The molecule has 0 aliphatic carbocycles. The first kappa shape index (κ1) is 18.4. The molecule has 0 spiro atoms. The second-order valence-electron chi connectivity index (χ2n) is 8.46. The van der Waals surface area contributed by atoms with Crippen LogP contribution in [0, 0.1) is 6.92 Å². The van der Waals surface area contributed by atoms with Gasteiger partial charge in [0.15, 0.2) is 0 Å². The highest BCUT2D eigenvalue weighted by atomic mass is 16.2. The summed E-state index contributed by atoms with van der Waals surface area (Å²) in [5.74, 6) is 2.70. The van der Waals surface area contributed by atoms with Crippen LogP contribution < -0.4 is 0 Å². The predicted molar refractivity (Wildman–Crippen MR) is 112 cm³/mol. The van der Waals surface area contributed by atoms with Crippen molar-refractivity contribution >= 4 is 16.8 Å². The molecule has 3 aromatic rings. The summed E-state index contributed by atoms with van der Waals surface area (Å²) < 4.78 is 2.33. The lowest BCUT2D eigenvalue weighted by Crippen LogP contribution is -2.38. The van der Waals surface area contributed by atoms with Gasteiger partial charge in [0.25, 0.3) is 5.91 Å². The summed E-state index contributed by atoms with van der Waals surface area (Å²) in [6, 6.07) is 8.12. The van der Waals surface area contributed by atoms with E-state index in [4.69, 9.17) is 0 Å². The summed E-state index contributed by atoms with van der Waals surface area (Å²) in [6.45, 7) is 6.64. The lowest BCUT2D eigenvalue weighted by atomic mass is 9.95. The third-order valence-electron chi connectivity index (χ3n) is 6.54. The van der Waals surface area contributed by atoms with E-state index >= 15 is 0 Å². The quantitative estimate of drug-likeness (QED) is 0.728. The maximum Gasteiger partial charge on any atom is 0.270 e. The molecule has 4 heterocycles. The van der Waals surface area contributed by atoms with E-state index in [2.05, 4.69) is 44.7 Å². The standard InChI is InChI=1S/C22H28N6O/c1-15-4-3-5-18-17(15)14-19(23-18)22(29)27-10-6-16(7-11-27)21-25-24-20-8-9-26(2)12-13-28(20)21/h3-5,14,16,23H,6-13H2,1-2H3. The van der Waals surface area contributed by atoms with Gasteiger partial charge in [-0.1, -0.05) is 12.1 Å². The van der Waals surface area contributed by atoms with Crippen LogP contribution in [-0.4, -0.2) is 68.7 Å². The molecule has 0 unspecified atom stereocenters. The Balaban J connectivity index is 1.29. The number of rotatable bonds is 2. The lowest BCUT2D eigenvalue weighted by Gasteiger charge is -2.31. The van der Waals surface area contributed by atoms with Crippen LogP contribution in [0.5, 0.6) is 0 Å². The van der Waals surface area contributed by atoms with Crippen LogP contribution in [0.1, 0.15) is 46.5 Å². The molecule has 7 nitrogen and oxygen atoms in total. The van der Waals surface area contributed by atoms with E-state index < -0.39 is 0 Å². The van der Waals surface area contributed by atoms with Crippen LogP contribution in [0.25, 0.3) is 10.9 Å². The van der Waals surface area contributed by atoms with E-state index in [0.717, 1.165) is 74.5 Å². The number of hydrogen-bond acceptors (Lipinski definition) is 4. The van der Waals surface area contributed by atoms with Gasteiger partial charge >= 0.3 is 0 Å². The van der Waals surface area contributed by atoms with Crippen molar-refractivity contribution in [1.82, 2.24) is 29.5 Å². The first-order valence-electron chi connectivity index (χ1n) is 10.6. The Bertz CT molecular complexity index is 1040. The SMILES string of the molecule is Cc1cccc2[nH]c(C(=O)N3CCC(c4nnc5n4CCN(C)CC5)CC3)cc12. The molecular formula is C22H28N6O. The van der Waals surface area contributed by atoms with E-state index in [1.54, 1.807) is 0 Å². The van der Waals surface area contributed by atoms with Crippen molar-refractivity contribution in [2.45, 2.75) is 38.6 Å². The van der Waals surface area contributed by atoms with Gasteiger partial charge in [-0.2, -0.15) is 0 Å². The number of nitrogens with one attached hydrogen (secondary N) is 1. The normalized spacial score (nSPS) is 18.8. The molecule has 7 heteroatoms. The van der Waals surface area contributed by atoms with E-state index in [9.17, 15) is 4.79 Å². The van der Waals surface area contributed by atoms with E-state index in [0.29, 0.717) is 11.6 Å². The number of aromatic nitrogens is 4. The minimum Gasteiger partial charge on any atom is -0.351 e. The van der Waals surface area contributed by atoms with Crippen LogP contribution in [0.4, 0.5) is 0 Å². The number of nitrogens with zero attached hydrogens (tertiary/aromatic N) is 5. The van der Waals surface area contributed by atoms with Crippen LogP contribution >= 0.6 is 0 Å². The Morgan fingerprint density at radius 2 is 1.93 bits per heavy atom. The van der Waals surface area contributed by atoms with Crippen molar-refractivity contribution in [3.8, 4) is 0 Å². The van der Waals surface area contributed by atoms with Crippen molar-refractivity contribution in [3.05, 3.63) is 47.2 Å². The number of hydrogen-bond donors (Lipinski definition) is 1. The maximum atomic E-state index is 13.0. The van der Waals surface area contributed by atoms with E-state index in [1.165, 1.54) is 5.56 Å². The third-order valence-corrected chi connectivity index (χ3v) is 6.54. The number of H-pyrrole nitrogens is 1. The van der Waals surface area contributed by atoms with Crippen molar-refractivity contribution < 1.29 is 4.79 Å². The van der Waals surface area contributed by atoms with Gasteiger partial charge in [-0.25, -0.2) is 0 Å². The number of fused-ring (bicyclic) bond motifs is 2. The number of carbonyl (C=O) groups is 1. The summed E-state index contributed by atoms with van der Waals surface area (Å²) >= 11 is 0. The minimum absolute atomic E-state index is 0.0979. The molecule has 0 radical (unpaired) electrons. The van der Waals surface area contributed by atoms with Gasteiger partial charge in [-0.15, -0.1) is 10.2 Å². The first-order chi connectivity index (χ1) is 14.1. The number of likely N-dealkylation sites (tertiary alicyclic amines) is 1. The second kappa shape index (κ2) is 7.30. The Morgan fingerprint density at radius 3 is 2.72 bits per heavy atom. The van der Waals surface area contributed by atoms with E-state index in [-0.39, 0.29) is 5.91 Å². The Hall–Kier alpha value is -2.67.